The van der Waals surface area contributed by atoms with Gasteiger partial charge in [-0.3, -0.25) is 9.71 Å². The summed E-state index contributed by atoms with van der Waals surface area (Å²) in [7, 11) is -2.26. The summed E-state index contributed by atoms with van der Waals surface area (Å²) in [6, 6.07) is 18.2. The second-order valence-corrected chi connectivity index (χ2v) is 7.05. The molecule has 1 N–H and O–H groups in total. The summed E-state index contributed by atoms with van der Waals surface area (Å²) in [5.41, 5.74) is 2.06. The molecule has 7 heteroatoms. The molecule has 0 aliphatic carbocycles. The van der Waals surface area contributed by atoms with Gasteiger partial charge in [-0.1, -0.05) is 12.1 Å². The number of anilines is 1. The van der Waals surface area contributed by atoms with Crippen LogP contribution in [0.1, 0.15) is 5.56 Å². The summed E-state index contributed by atoms with van der Waals surface area (Å²) in [6.45, 7) is 0. The molecule has 2 aromatic carbocycles. The summed E-state index contributed by atoms with van der Waals surface area (Å²) in [4.78, 5) is 4.40. The maximum absolute atomic E-state index is 12.7. The van der Waals surface area contributed by atoms with Gasteiger partial charge in [0.2, 0.25) is 0 Å². The van der Waals surface area contributed by atoms with Crippen molar-refractivity contribution in [1.82, 2.24) is 4.98 Å². The van der Waals surface area contributed by atoms with Crippen molar-refractivity contribution in [2.75, 3.05) is 11.8 Å². The van der Waals surface area contributed by atoms with E-state index in [1.54, 1.807) is 54.7 Å². The molecule has 3 rings (SSSR count). The molecule has 0 fully saturated rings. The molecule has 3 aromatic rings. The third-order valence-corrected chi connectivity index (χ3v) is 5.09. The van der Waals surface area contributed by atoms with Gasteiger partial charge in [0.15, 0.2) is 0 Å². The van der Waals surface area contributed by atoms with E-state index in [-0.39, 0.29) is 4.90 Å². The third-order valence-electron chi connectivity index (χ3n) is 3.71. The fourth-order valence-corrected chi connectivity index (χ4v) is 3.45. The van der Waals surface area contributed by atoms with E-state index in [9.17, 15) is 8.42 Å². The van der Waals surface area contributed by atoms with Gasteiger partial charge in [0.05, 0.1) is 35.0 Å². The zero-order chi connectivity index (χ0) is 18.6. The second-order valence-electron chi connectivity index (χ2n) is 5.37. The standard InChI is InChI=1S/C19H15N3O3S/c1-25-16-8-10-17(11-9-16)26(23,24)22-18-3-2-12-21-19(18)15-6-4-14(13-20)5-7-15/h2-12,22H,1H3. The number of rotatable bonds is 5. The minimum absolute atomic E-state index is 0.118. The van der Waals surface area contributed by atoms with Crippen molar-refractivity contribution in [2.24, 2.45) is 0 Å². The second kappa shape index (κ2) is 7.25. The Labute approximate surface area is 151 Å². The molecule has 1 aromatic heterocycles. The van der Waals surface area contributed by atoms with Crippen LogP contribution in [0, 0.1) is 11.3 Å². The van der Waals surface area contributed by atoms with Gasteiger partial charge in [0.25, 0.3) is 10.0 Å². The lowest BCUT2D eigenvalue weighted by Crippen LogP contribution is -2.14. The van der Waals surface area contributed by atoms with Gasteiger partial charge in [-0.15, -0.1) is 0 Å². The first-order valence-electron chi connectivity index (χ1n) is 7.66. The fraction of sp³-hybridized carbons (Fsp3) is 0.0526. The Morgan fingerprint density at radius 1 is 1.04 bits per heavy atom. The number of nitrogens with zero attached hydrogens (tertiary/aromatic N) is 2. The molecule has 0 bridgehead atoms. The van der Waals surface area contributed by atoms with Crippen LogP contribution in [0.25, 0.3) is 11.3 Å². The highest BCUT2D eigenvalue weighted by Gasteiger charge is 2.17. The van der Waals surface area contributed by atoms with Crippen LogP contribution >= 0.6 is 0 Å². The molecule has 0 atom stereocenters. The number of benzene rings is 2. The van der Waals surface area contributed by atoms with Gasteiger partial charge in [-0.25, -0.2) is 8.42 Å². The molecule has 0 unspecified atom stereocenters. The van der Waals surface area contributed by atoms with Crippen molar-refractivity contribution in [3.63, 3.8) is 0 Å². The Kier molecular flexibility index (Phi) is 4.87. The molecule has 130 valence electrons. The van der Waals surface area contributed by atoms with Crippen molar-refractivity contribution in [3.8, 4) is 23.1 Å². The highest BCUT2D eigenvalue weighted by atomic mass is 32.2. The average molecular weight is 365 g/mol. The van der Waals surface area contributed by atoms with Crippen molar-refractivity contribution in [1.29, 1.82) is 5.26 Å². The van der Waals surface area contributed by atoms with E-state index >= 15 is 0 Å². The number of aromatic nitrogens is 1. The molecule has 26 heavy (non-hydrogen) atoms. The molecule has 0 aliphatic rings. The van der Waals surface area contributed by atoms with Crippen LogP contribution in [0.4, 0.5) is 5.69 Å². The Morgan fingerprint density at radius 2 is 1.73 bits per heavy atom. The summed E-state index contributed by atoms with van der Waals surface area (Å²) in [5, 5.41) is 8.90. The van der Waals surface area contributed by atoms with Crippen LogP contribution in [0.15, 0.2) is 71.8 Å². The summed E-state index contributed by atoms with van der Waals surface area (Å²) in [5.74, 6) is 0.573. The molecule has 0 spiro atoms. The van der Waals surface area contributed by atoms with E-state index < -0.39 is 10.0 Å². The number of pyridine rings is 1. The van der Waals surface area contributed by atoms with E-state index in [0.29, 0.717) is 28.3 Å². The first-order valence-corrected chi connectivity index (χ1v) is 9.14. The predicted octanol–water partition coefficient (Wildman–Crippen LogP) is 3.43. The number of ether oxygens (including phenoxy) is 1. The summed E-state index contributed by atoms with van der Waals surface area (Å²) >= 11 is 0. The quantitative estimate of drug-likeness (QED) is 0.748. The van der Waals surface area contributed by atoms with Crippen molar-refractivity contribution in [3.05, 3.63) is 72.4 Å². The summed E-state index contributed by atoms with van der Waals surface area (Å²) in [6.07, 6.45) is 1.58. The highest BCUT2D eigenvalue weighted by Crippen LogP contribution is 2.28. The van der Waals surface area contributed by atoms with Crippen LogP contribution in [0.3, 0.4) is 0 Å². The minimum atomic E-state index is -3.78. The molecule has 1 heterocycles. The third kappa shape index (κ3) is 3.66. The Bertz CT molecular complexity index is 1050. The van der Waals surface area contributed by atoms with Gasteiger partial charge in [-0.05, 0) is 48.5 Å². The average Bonchev–Trinajstić information content (AvgIpc) is 2.68. The number of hydrogen-bond donors (Lipinski definition) is 1. The van der Waals surface area contributed by atoms with Crippen LogP contribution < -0.4 is 9.46 Å². The van der Waals surface area contributed by atoms with Crippen molar-refractivity contribution < 1.29 is 13.2 Å². The van der Waals surface area contributed by atoms with E-state index in [0.717, 1.165) is 0 Å². The zero-order valence-corrected chi connectivity index (χ0v) is 14.7. The Morgan fingerprint density at radius 3 is 2.35 bits per heavy atom. The number of sulfonamides is 1. The normalized spacial score (nSPS) is 10.8. The van der Waals surface area contributed by atoms with E-state index in [1.165, 1.54) is 19.2 Å². The summed E-state index contributed by atoms with van der Waals surface area (Å²) < 4.78 is 32.9. The number of nitriles is 1. The molecule has 0 radical (unpaired) electrons. The van der Waals surface area contributed by atoms with Crippen LogP contribution in [0.2, 0.25) is 0 Å². The Balaban J connectivity index is 1.95. The maximum Gasteiger partial charge on any atom is 0.261 e. The lowest BCUT2D eigenvalue weighted by Gasteiger charge is -2.12. The SMILES string of the molecule is COc1ccc(S(=O)(=O)Nc2cccnc2-c2ccc(C#N)cc2)cc1. The zero-order valence-electron chi connectivity index (χ0n) is 13.9. The lowest BCUT2D eigenvalue weighted by atomic mass is 10.1. The van der Waals surface area contributed by atoms with Gasteiger partial charge in [-0.2, -0.15) is 5.26 Å². The largest absolute Gasteiger partial charge is 0.497 e. The molecule has 0 amide bonds. The molecule has 0 saturated heterocycles. The van der Waals surface area contributed by atoms with E-state index in [4.69, 9.17) is 10.00 Å². The molecule has 6 nitrogen and oxygen atoms in total. The highest BCUT2D eigenvalue weighted by molar-refractivity contribution is 7.92. The number of nitrogens with one attached hydrogen (secondary N) is 1. The van der Waals surface area contributed by atoms with Crippen LogP contribution in [-0.4, -0.2) is 20.5 Å². The van der Waals surface area contributed by atoms with Gasteiger partial charge in [0.1, 0.15) is 5.75 Å². The minimum Gasteiger partial charge on any atom is -0.497 e. The Hall–Kier alpha value is -3.37. The van der Waals surface area contributed by atoms with Gasteiger partial charge >= 0.3 is 0 Å². The topological polar surface area (TPSA) is 92.1 Å². The fourth-order valence-electron chi connectivity index (χ4n) is 2.38. The first-order chi connectivity index (χ1) is 12.5. The molecular formula is C19H15N3O3S. The lowest BCUT2D eigenvalue weighted by molar-refractivity contribution is 0.414. The van der Waals surface area contributed by atoms with E-state index in [1.807, 2.05) is 6.07 Å². The predicted molar refractivity (Wildman–Crippen MR) is 98.2 cm³/mol. The maximum atomic E-state index is 12.7. The van der Waals surface area contributed by atoms with Crippen LogP contribution in [0.5, 0.6) is 5.75 Å². The number of hydrogen-bond acceptors (Lipinski definition) is 5. The van der Waals surface area contributed by atoms with E-state index in [2.05, 4.69) is 9.71 Å². The van der Waals surface area contributed by atoms with Crippen molar-refractivity contribution >= 4 is 15.7 Å². The number of methoxy groups -OCH3 is 1. The van der Waals surface area contributed by atoms with Gasteiger partial charge in [0, 0.05) is 11.8 Å². The van der Waals surface area contributed by atoms with Crippen LogP contribution in [-0.2, 0) is 10.0 Å². The van der Waals surface area contributed by atoms with Gasteiger partial charge < -0.3 is 4.74 Å². The molecule has 0 saturated carbocycles. The molecular weight excluding hydrogens is 350 g/mol. The molecule has 0 aliphatic heterocycles. The smallest absolute Gasteiger partial charge is 0.261 e. The first kappa shape index (κ1) is 17.5. The monoisotopic (exact) mass is 365 g/mol. The van der Waals surface area contributed by atoms with Crippen molar-refractivity contribution in [2.45, 2.75) is 4.90 Å².